The molecule has 80 valence electrons. The molecule has 15 heavy (non-hydrogen) atoms. The minimum atomic E-state index is -0.0602. The van der Waals surface area contributed by atoms with Crippen molar-refractivity contribution in [3.63, 3.8) is 0 Å². The van der Waals surface area contributed by atoms with E-state index in [0.29, 0.717) is 12.2 Å². The molecule has 0 spiro atoms. The van der Waals surface area contributed by atoms with Gasteiger partial charge < -0.3 is 11.1 Å². The third-order valence-electron chi connectivity index (χ3n) is 1.64. The van der Waals surface area contributed by atoms with Gasteiger partial charge in [0.15, 0.2) is 5.17 Å². The van der Waals surface area contributed by atoms with Gasteiger partial charge in [-0.05, 0) is 12.1 Å². The second kappa shape index (κ2) is 6.08. The predicted molar refractivity (Wildman–Crippen MR) is 64.1 cm³/mol. The van der Waals surface area contributed by atoms with Crippen molar-refractivity contribution in [2.45, 2.75) is 6.42 Å². The van der Waals surface area contributed by atoms with E-state index in [1.165, 1.54) is 11.8 Å². The highest BCUT2D eigenvalue weighted by Crippen LogP contribution is 2.07. The van der Waals surface area contributed by atoms with Crippen molar-refractivity contribution in [1.82, 2.24) is 0 Å². The van der Waals surface area contributed by atoms with Crippen molar-refractivity contribution in [2.75, 3.05) is 11.1 Å². The Morgan fingerprint density at radius 2 is 2.07 bits per heavy atom. The fraction of sp³-hybridized carbons (Fsp3) is 0.200. The molecule has 0 atom stereocenters. The van der Waals surface area contributed by atoms with Crippen LogP contribution in [0.25, 0.3) is 0 Å². The van der Waals surface area contributed by atoms with Gasteiger partial charge >= 0.3 is 0 Å². The molecule has 4 nitrogen and oxygen atoms in total. The van der Waals surface area contributed by atoms with Gasteiger partial charge in [0.25, 0.3) is 0 Å². The maximum Gasteiger partial charge on any atom is 0.225 e. The number of nitrogens with two attached hydrogens (primary N) is 1. The van der Waals surface area contributed by atoms with Crippen molar-refractivity contribution >= 4 is 28.5 Å². The van der Waals surface area contributed by atoms with Crippen LogP contribution < -0.4 is 11.1 Å². The van der Waals surface area contributed by atoms with Crippen LogP contribution in [0.3, 0.4) is 0 Å². The number of anilines is 1. The number of amidine groups is 1. The number of carbonyl (C=O) groups is 1. The van der Waals surface area contributed by atoms with E-state index in [4.69, 9.17) is 11.1 Å². The summed E-state index contributed by atoms with van der Waals surface area (Å²) in [6.45, 7) is 0. The maximum absolute atomic E-state index is 11.4. The normalized spacial score (nSPS) is 9.60. The van der Waals surface area contributed by atoms with Crippen LogP contribution in [-0.4, -0.2) is 16.8 Å². The molecular weight excluding hydrogens is 210 g/mol. The zero-order valence-corrected chi connectivity index (χ0v) is 9.01. The summed E-state index contributed by atoms with van der Waals surface area (Å²) in [5, 5.41) is 9.76. The van der Waals surface area contributed by atoms with E-state index in [2.05, 4.69) is 5.32 Å². The number of para-hydroxylation sites is 1. The van der Waals surface area contributed by atoms with Crippen LogP contribution in [-0.2, 0) is 4.79 Å². The lowest BCUT2D eigenvalue weighted by molar-refractivity contribution is -0.115. The summed E-state index contributed by atoms with van der Waals surface area (Å²) < 4.78 is 0. The summed E-state index contributed by atoms with van der Waals surface area (Å²) in [7, 11) is 0. The van der Waals surface area contributed by atoms with Gasteiger partial charge in [-0.1, -0.05) is 30.0 Å². The molecule has 1 aromatic rings. The molecule has 0 bridgehead atoms. The monoisotopic (exact) mass is 223 g/mol. The minimum absolute atomic E-state index is 0.0440. The Hall–Kier alpha value is -1.49. The molecule has 5 heteroatoms. The fourth-order valence-corrected chi connectivity index (χ4v) is 1.51. The van der Waals surface area contributed by atoms with Gasteiger partial charge in [-0.15, -0.1) is 0 Å². The summed E-state index contributed by atoms with van der Waals surface area (Å²) >= 11 is 1.17. The maximum atomic E-state index is 11.4. The van der Waals surface area contributed by atoms with Crippen LogP contribution in [0.2, 0.25) is 0 Å². The largest absolute Gasteiger partial charge is 0.379 e. The molecule has 0 aliphatic heterocycles. The fourth-order valence-electron chi connectivity index (χ4n) is 0.999. The van der Waals surface area contributed by atoms with Gasteiger partial charge in [0.1, 0.15) is 0 Å². The summed E-state index contributed by atoms with van der Waals surface area (Å²) in [5.41, 5.74) is 5.93. The predicted octanol–water partition coefficient (Wildman–Crippen LogP) is 1.64. The van der Waals surface area contributed by atoms with Gasteiger partial charge in [0.05, 0.1) is 0 Å². The number of carbonyl (C=O) groups excluding carboxylic acids is 1. The summed E-state index contributed by atoms with van der Waals surface area (Å²) in [4.78, 5) is 11.4. The lowest BCUT2D eigenvalue weighted by Crippen LogP contribution is -2.13. The number of thioether (sulfide) groups is 1. The first-order chi connectivity index (χ1) is 7.18. The van der Waals surface area contributed by atoms with Crippen molar-refractivity contribution in [2.24, 2.45) is 5.73 Å². The lowest BCUT2D eigenvalue weighted by atomic mass is 10.3. The Morgan fingerprint density at radius 3 is 2.67 bits per heavy atom. The number of nitrogens with one attached hydrogen (secondary N) is 2. The molecule has 0 fully saturated rings. The van der Waals surface area contributed by atoms with Crippen LogP contribution in [0.4, 0.5) is 5.69 Å². The number of amides is 1. The van der Waals surface area contributed by atoms with Crippen LogP contribution >= 0.6 is 11.8 Å². The average molecular weight is 223 g/mol. The van der Waals surface area contributed by atoms with Crippen molar-refractivity contribution < 1.29 is 4.79 Å². The van der Waals surface area contributed by atoms with E-state index in [0.717, 1.165) is 5.69 Å². The van der Waals surface area contributed by atoms with Crippen molar-refractivity contribution in [1.29, 1.82) is 5.41 Å². The molecule has 0 aliphatic carbocycles. The molecule has 0 radical (unpaired) electrons. The highest BCUT2D eigenvalue weighted by atomic mass is 32.2. The summed E-state index contributed by atoms with van der Waals surface area (Å²) in [6.07, 6.45) is 0.360. The van der Waals surface area contributed by atoms with E-state index < -0.39 is 0 Å². The first-order valence-corrected chi connectivity index (χ1v) is 5.49. The Balaban J connectivity index is 2.28. The lowest BCUT2D eigenvalue weighted by Gasteiger charge is -2.03. The number of hydrogen-bond donors (Lipinski definition) is 3. The van der Waals surface area contributed by atoms with E-state index in [-0.39, 0.29) is 11.1 Å². The topological polar surface area (TPSA) is 79.0 Å². The zero-order chi connectivity index (χ0) is 11.1. The van der Waals surface area contributed by atoms with Gasteiger partial charge in [0.2, 0.25) is 5.91 Å². The van der Waals surface area contributed by atoms with Crippen LogP contribution in [0.15, 0.2) is 30.3 Å². The van der Waals surface area contributed by atoms with Gasteiger partial charge in [-0.3, -0.25) is 10.2 Å². The number of hydrogen-bond acceptors (Lipinski definition) is 3. The highest BCUT2D eigenvalue weighted by molar-refractivity contribution is 8.13. The molecule has 4 N–H and O–H groups in total. The third-order valence-corrected chi connectivity index (χ3v) is 2.36. The smallest absolute Gasteiger partial charge is 0.225 e. The van der Waals surface area contributed by atoms with Gasteiger partial charge in [-0.2, -0.15) is 0 Å². The molecular formula is C10H13N3OS. The Bertz CT molecular complexity index is 340. The standard InChI is InChI=1S/C10H13N3OS/c11-10(12)15-7-6-9(14)13-8-4-2-1-3-5-8/h1-5H,6-7H2,(H3,11,12)(H,13,14). The average Bonchev–Trinajstić information content (AvgIpc) is 2.18. The van der Waals surface area contributed by atoms with E-state index in [9.17, 15) is 4.79 Å². The summed E-state index contributed by atoms with van der Waals surface area (Å²) in [5.74, 6) is 0.475. The molecule has 1 amide bonds. The van der Waals surface area contributed by atoms with Crippen molar-refractivity contribution in [3.8, 4) is 0 Å². The van der Waals surface area contributed by atoms with E-state index in [1.807, 2.05) is 30.3 Å². The Morgan fingerprint density at radius 1 is 1.40 bits per heavy atom. The van der Waals surface area contributed by atoms with E-state index in [1.54, 1.807) is 0 Å². The minimum Gasteiger partial charge on any atom is -0.379 e. The molecule has 1 rings (SSSR count). The van der Waals surface area contributed by atoms with Crippen LogP contribution in [0, 0.1) is 5.41 Å². The first-order valence-electron chi connectivity index (χ1n) is 4.50. The second-order valence-electron chi connectivity index (χ2n) is 2.88. The molecule has 1 aromatic carbocycles. The molecule has 0 aromatic heterocycles. The summed E-state index contributed by atoms with van der Waals surface area (Å²) in [6, 6.07) is 9.27. The van der Waals surface area contributed by atoms with Crippen LogP contribution in [0.5, 0.6) is 0 Å². The SMILES string of the molecule is N=C(N)SCCC(=O)Nc1ccccc1. The quantitative estimate of drug-likeness (QED) is 0.536. The van der Waals surface area contributed by atoms with Crippen molar-refractivity contribution in [3.05, 3.63) is 30.3 Å². The third kappa shape index (κ3) is 5.07. The second-order valence-corrected chi connectivity index (χ2v) is 4.01. The first kappa shape index (κ1) is 11.6. The van der Waals surface area contributed by atoms with Gasteiger partial charge in [-0.25, -0.2) is 0 Å². The Labute approximate surface area is 92.8 Å². The number of benzene rings is 1. The number of rotatable bonds is 4. The van der Waals surface area contributed by atoms with Gasteiger partial charge in [0, 0.05) is 17.9 Å². The Kier molecular flexibility index (Phi) is 4.70. The van der Waals surface area contributed by atoms with Crippen LogP contribution in [0.1, 0.15) is 6.42 Å². The molecule has 0 saturated heterocycles. The zero-order valence-electron chi connectivity index (χ0n) is 8.19. The van der Waals surface area contributed by atoms with E-state index >= 15 is 0 Å². The molecule has 0 unspecified atom stereocenters. The molecule has 0 saturated carbocycles. The highest BCUT2D eigenvalue weighted by Gasteiger charge is 2.02. The molecule has 0 heterocycles. The molecule has 0 aliphatic rings.